The fourth-order valence-electron chi connectivity index (χ4n) is 1.45. The number of hydrogen-bond acceptors (Lipinski definition) is 3. The van der Waals surface area contributed by atoms with Crippen LogP contribution < -0.4 is 10.2 Å². The number of urea groups is 1. The van der Waals surface area contributed by atoms with E-state index in [0.29, 0.717) is 5.69 Å². The molecule has 0 bridgehead atoms. The topological polar surface area (TPSA) is 58.6 Å². The normalized spacial score (nSPS) is 20.1. The van der Waals surface area contributed by atoms with Gasteiger partial charge in [-0.05, 0) is 24.3 Å². The molecule has 1 saturated heterocycles. The number of carbonyl (C=O) groups excluding carboxylic acids is 2. The van der Waals surface area contributed by atoms with Gasteiger partial charge in [-0.15, -0.1) is 0 Å². The van der Waals surface area contributed by atoms with Gasteiger partial charge in [-0.25, -0.2) is 14.1 Å². The number of ether oxygens (including phenoxy) is 1. The van der Waals surface area contributed by atoms with Crippen molar-refractivity contribution in [2.45, 2.75) is 6.23 Å². The second-order valence-corrected chi connectivity index (χ2v) is 3.22. The molecule has 1 unspecified atom stereocenters. The largest absolute Gasteiger partial charge is 0.353 e. The first-order chi connectivity index (χ1) is 7.63. The Kier molecular flexibility index (Phi) is 2.57. The molecule has 0 aromatic heterocycles. The predicted molar refractivity (Wildman–Crippen MR) is 53.2 cm³/mol. The van der Waals surface area contributed by atoms with Crippen LogP contribution in [0.15, 0.2) is 24.3 Å². The zero-order valence-electron chi connectivity index (χ0n) is 8.44. The highest BCUT2D eigenvalue weighted by molar-refractivity contribution is 6.20. The number of imide groups is 1. The van der Waals surface area contributed by atoms with E-state index in [0.717, 1.165) is 4.90 Å². The molecule has 1 aromatic rings. The van der Waals surface area contributed by atoms with Crippen LogP contribution in [0.3, 0.4) is 0 Å². The first kappa shape index (κ1) is 10.6. The highest BCUT2D eigenvalue weighted by Crippen LogP contribution is 2.19. The van der Waals surface area contributed by atoms with Crippen LogP contribution in [0, 0.1) is 5.82 Å². The third-order valence-corrected chi connectivity index (χ3v) is 2.22. The fourth-order valence-corrected chi connectivity index (χ4v) is 1.45. The van der Waals surface area contributed by atoms with Crippen molar-refractivity contribution in [3.8, 4) is 0 Å². The van der Waals surface area contributed by atoms with Crippen LogP contribution in [0.1, 0.15) is 0 Å². The molecule has 1 aliphatic heterocycles. The number of halogens is 1. The molecule has 0 spiro atoms. The van der Waals surface area contributed by atoms with E-state index in [1.165, 1.54) is 31.4 Å². The third-order valence-electron chi connectivity index (χ3n) is 2.22. The molecular weight excluding hydrogens is 215 g/mol. The number of hydrogen-bond donors (Lipinski definition) is 1. The standard InChI is InChI=1S/C10H9FN2O3/c1-16-8-9(14)13(10(15)12-8)7-4-2-6(11)3-5-7/h2-5,8H,1H3,(H,12,15). The van der Waals surface area contributed by atoms with Crippen molar-refractivity contribution in [3.05, 3.63) is 30.1 Å². The lowest BCUT2D eigenvalue weighted by atomic mass is 10.3. The number of rotatable bonds is 2. The van der Waals surface area contributed by atoms with E-state index in [4.69, 9.17) is 4.74 Å². The van der Waals surface area contributed by atoms with Crippen molar-refractivity contribution in [3.63, 3.8) is 0 Å². The average Bonchev–Trinajstić information content (AvgIpc) is 2.56. The van der Waals surface area contributed by atoms with Gasteiger partial charge in [-0.3, -0.25) is 4.79 Å². The summed E-state index contributed by atoms with van der Waals surface area (Å²) in [6.07, 6.45) is -0.974. The lowest BCUT2D eigenvalue weighted by molar-refractivity contribution is -0.126. The Morgan fingerprint density at radius 1 is 1.31 bits per heavy atom. The number of nitrogens with zero attached hydrogens (tertiary/aromatic N) is 1. The van der Waals surface area contributed by atoms with Crippen LogP contribution in [0.2, 0.25) is 0 Å². The van der Waals surface area contributed by atoms with Gasteiger partial charge in [0.15, 0.2) is 0 Å². The molecule has 6 heteroatoms. The second kappa shape index (κ2) is 3.90. The van der Waals surface area contributed by atoms with Gasteiger partial charge in [0.25, 0.3) is 5.91 Å². The van der Waals surface area contributed by atoms with Gasteiger partial charge in [-0.2, -0.15) is 0 Å². The van der Waals surface area contributed by atoms with Crippen LogP contribution in [-0.4, -0.2) is 25.3 Å². The van der Waals surface area contributed by atoms with E-state index in [-0.39, 0.29) is 0 Å². The second-order valence-electron chi connectivity index (χ2n) is 3.22. The van der Waals surface area contributed by atoms with Crippen molar-refractivity contribution in [1.82, 2.24) is 5.32 Å². The molecule has 1 aromatic carbocycles. The molecule has 1 heterocycles. The molecule has 5 nitrogen and oxygen atoms in total. The van der Waals surface area contributed by atoms with Gasteiger partial charge in [-0.1, -0.05) is 0 Å². The van der Waals surface area contributed by atoms with Crippen LogP contribution in [0.4, 0.5) is 14.9 Å². The lowest BCUT2D eigenvalue weighted by Gasteiger charge is -2.11. The molecule has 0 aliphatic carbocycles. The Morgan fingerprint density at radius 3 is 2.44 bits per heavy atom. The van der Waals surface area contributed by atoms with Gasteiger partial charge in [0.05, 0.1) is 5.69 Å². The van der Waals surface area contributed by atoms with E-state index in [9.17, 15) is 14.0 Å². The molecule has 1 atom stereocenters. The predicted octanol–water partition coefficient (Wildman–Crippen LogP) is 0.854. The quantitative estimate of drug-likeness (QED) is 0.758. The molecular formula is C10H9FN2O3. The van der Waals surface area contributed by atoms with Gasteiger partial charge in [0.2, 0.25) is 6.23 Å². The Labute approximate surface area is 90.8 Å². The third kappa shape index (κ3) is 1.63. The molecule has 1 fully saturated rings. The Balaban J connectivity index is 2.31. The van der Waals surface area contributed by atoms with Crippen LogP contribution in [0.25, 0.3) is 0 Å². The molecule has 1 N–H and O–H groups in total. The van der Waals surface area contributed by atoms with Crippen molar-refractivity contribution < 1.29 is 18.7 Å². The smallest absolute Gasteiger partial charge is 0.331 e. The van der Waals surface area contributed by atoms with Gasteiger partial charge >= 0.3 is 6.03 Å². The van der Waals surface area contributed by atoms with E-state index in [1.54, 1.807) is 0 Å². The summed E-state index contributed by atoms with van der Waals surface area (Å²) in [7, 11) is 1.32. The van der Waals surface area contributed by atoms with E-state index >= 15 is 0 Å². The highest BCUT2D eigenvalue weighted by atomic mass is 19.1. The maximum absolute atomic E-state index is 12.7. The van der Waals surface area contributed by atoms with Gasteiger partial charge in [0.1, 0.15) is 5.82 Å². The van der Waals surface area contributed by atoms with Crippen LogP contribution >= 0.6 is 0 Å². The maximum atomic E-state index is 12.7. The number of methoxy groups -OCH3 is 1. The summed E-state index contributed by atoms with van der Waals surface area (Å²) in [5, 5.41) is 2.34. The summed E-state index contributed by atoms with van der Waals surface area (Å²) >= 11 is 0. The molecule has 1 aliphatic rings. The number of amides is 3. The van der Waals surface area contributed by atoms with Crippen molar-refractivity contribution in [2.75, 3.05) is 12.0 Å². The number of benzene rings is 1. The minimum atomic E-state index is -0.974. The molecule has 3 amide bonds. The fraction of sp³-hybridized carbons (Fsp3) is 0.200. The average molecular weight is 224 g/mol. The lowest BCUT2D eigenvalue weighted by Crippen LogP contribution is -2.32. The van der Waals surface area contributed by atoms with E-state index < -0.39 is 24.0 Å². The molecule has 16 heavy (non-hydrogen) atoms. The summed E-state index contributed by atoms with van der Waals surface area (Å²) in [4.78, 5) is 24.0. The van der Waals surface area contributed by atoms with Crippen molar-refractivity contribution in [1.29, 1.82) is 0 Å². The van der Waals surface area contributed by atoms with Crippen LogP contribution in [0.5, 0.6) is 0 Å². The Bertz CT molecular complexity index is 432. The molecule has 84 valence electrons. The summed E-state index contributed by atoms with van der Waals surface area (Å²) < 4.78 is 17.5. The van der Waals surface area contributed by atoms with E-state index in [1.807, 2.05) is 0 Å². The van der Waals surface area contributed by atoms with Gasteiger partial charge in [0, 0.05) is 7.11 Å². The first-order valence-corrected chi connectivity index (χ1v) is 4.56. The molecule has 2 rings (SSSR count). The number of anilines is 1. The van der Waals surface area contributed by atoms with E-state index in [2.05, 4.69) is 5.32 Å². The highest BCUT2D eigenvalue weighted by Gasteiger charge is 2.39. The minimum absolute atomic E-state index is 0.309. The minimum Gasteiger partial charge on any atom is -0.353 e. The Morgan fingerprint density at radius 2 is 1.94 bits per heavy atom. The zero-order valence-corrected chi connectivity index (χ0v) is 8.44. The molecule has 0 saturated carbocycles. The Hall–Kier alpha value is -1.95. The first-order valence-electron chi connectivity index (χ1n) is 4.56. The summed E-state index contributed by atoms with van der Waals surface area (Å²) in [6, 6.07) is 4.48. The van der Waals surface area contributed by atoms with Crippen LogP contribution in [-0.2, 0) is 9.53 Å². The number of nitrogens with one attached hydrogen (secondary N) is 1. The van der Waals surface area contributed by atoms with Crippen molar-refractivity contribution in [2.24, 2.45) is 0 Å². The van der Waals surface area contributed by atoms with Crippen molar-refractivity contribution >= 4 is 17.6 Å². The molecule has 0 radical (unpaired) electrons. The van der Waals surface area contributed by atoms with Gasteiger partial charge < -0.3 is 10.1 Å². The summed E-state index contributed by atoms with van der Waals surface area (Å²) in [6.45, 7) is 0. The monoisotopic (exact) mass is 224 g/mol. The zero-order chi connectivity index (χ0) is 11.7. The maximum Gasteiger partial charge on any atom is 0.331 e. The SMILES string of the molecule is COC1NC(=O)N(c2ccc(F)cc2)C1=O. The summed E-state index contributed by atoms with van der Waals surface area (Å²) in [5.41, 5.74) is 0.309. The number of carbonyl (C=O) groups is 2. The summed E-state index contributed by atoms with van der Waals surface area (Å²) in [5.74, 6) is -0.946.